The van der Waals surface area contributed by atoms with E-state index in [0.717, 1.165) is 28.6 Å². The highest BCUT2D eigenvalue weighted by atomic mass is 79.9. The Balaban J connectivity index is 1.58. The number of amides is 1. The van der Waals surface area contributed by atoms with E-state index in [-0.39, 0.29) is 29.7 Å². The number of aliphatic hydroxyl groups is 1. The molecule has 2 N–H and O–H groups in total. The Bertz CT molecular complexity index is 997. The van der Waals surface area contributed by atoms with Crippen molar-refractivity contribution in [3.63, 3.8) is 0 Å². The molecule has 1 aliphatic heterocycles. The largest absolute Gasteiger partial charge is 0.487 e. The lowest BCUT2D eigenvalue weighted by atomic mass is 9.95. The SMILES string of the molecule is CC(C)N1c2c(Br)cc(C(=O)Nc3ccc(OC(F)(F)Cl)cc3)cc2C2CCC(O)C21. The summed E-state index contributed by atoms with van der Waals surface area (Å²) in [6.45, 7) is 4.19. The molecule has 2 aliphatic rings. The number of carbonyl (C=O) groups excluding carboxylic acids is 1. The van der Waals surface area contributed by atoms with Gasteiger partial charge in [-0.15, -0.1) is 8.78 Å². The summed E-state index contributed by atoms with van der Waals surface area (Å²) in [5, 5.41) is 13.3. The number of nitrogens with one attached hydrogen (secondary N) is 1. The van der Waals surface area contributed by atoms with Gasteiger partial charge in [0.2, 0.25) is 0 Å². The van der Waals surface area contributed by atoms with E-state index in [1.165, 1.54) is 24.3 Å². The van der Waals surface area contributed by atoms with E-state index in [2.05, 4.69) is 44.7 Å². The number of hydrogen-bond donors (Lipinski definition) is 2. The summed E-state index contributed by atoms with van der Waals surface area (Å²) in [6, 6.07) is 9.40. The van der Waals surface area contributed by atoms with Crippen molar-refractivity contribution in [1.29, 1.82) is 0 Å². The predicted molar refractivity (Wildman–Crippen MR) is 119 cm³/mol. The van der Waals surface area contributed by atoms with Crippen LogP contribution in [-0.4, -0.2) is 34.8 Å². The fourth-order valence-electron chi connectivity index (χ4n) is 4.68. The van der Waals surface area contributed by atoms with E-state index in [4.69, 9.17) is 11.6 Å². The molecule has 0 bridgehead atoms. The van der Waals surface area contributed by atoms with Gasteiger partial charge in [-0.1, -0.05) is 0 Å². The van der Waals surface area contributed by atoms with E-state index in [1.54, 1.807) is 6.07 Å². The number of alkyl halides is 3. The first-order chi connectivity index (χ1) is 14.5. The highest BCUT2D eigenvalue weighted by Crippen LogP contribution is 2.53. The highest BCUT2D eigenvalue weighted by molar-refractivity contribution is 9.10. The summed E-state index contributed by atoms with van der Waals surface area (Å²) in [5.74, 6) is -0.263. The molecule has 3 atom stereocenters. The molecular weight excluding hydrogens is 494 g/mol. The van der Waals surface area contributed by atoms with Gasteiger partial charge in [0.05, 0.1) is 17.8 Å². The van der Waals surface area contributed by atoms with Crippen molar-refractivity contribution in [3.8, 4) is 5.75 Å². The lowest BCUT2D eigenvalue weighted by Crippen LogP contribution is -2.43. The van der Waals surface area contributed by atoms with Crippen molar-refractivity contribution < 1.29 is 23.4 Å². The minimum Gasteiger partial charge on any atom is -0.420 e. The molecule has 1 aliphatic carbocycles. The molecule has 5 nitrogen and oxygen atoms in total. The minimum absolute atomic E-state index is 0.0113. The van der Waals surface area contributed by atoms with Crippen LogP contribution in [-0.2, 0) is 0 Å². The molecule has 3 unspecified atom stereocenters. The van der Waals surface area contributed by atoms with Crippen LogP contribution >= 0.6 is 27.5 Å². The molecule has 1 heterocycles. The Hall–Kier alpha value is -1.90. The molecule has 31 heavy (non-hydrogen) atoms. The number of carbonyl (C=O) groups is 1. The van der Waals surface area contributed by atoms with Crippen LogP contribution in [0.25, 0.3) is 0 Å². The first-order valence-electron chi connectivity index (χ1n) is 10.0. The zero-order valence-electron chi connectivity index (χ0n) is 16.9. The standard InChI is InChI=1S/C22H22BrClF2N2O3/c1-11(2)28-19-16(15-7-8-18(29)20(15)28)9-12(10-17(19)23)21(30)27-13-3-5-14(6-4-13)31-22(24,25)26/h3-6,9-11,15,18,20,29H,7-8H2,1-2H3,(H,27,30). The van der Waals surface area contributed by atoms with Gasteiger partial charge in [-0.25, -0.2) is 0 Å². The zero-order chi connectivity index (χ0) is 22.5. The van der Waals surface area contributed by atoms with E-state index in [1.807, 2.05) is 6.07 Å². The Kier molecular flexibility index (Phi) is 5.91. The van der Waals surface area contributed by atoms with Crippen molar-refractivity contribution in [3.05, 3.63) is 52.0 Å². The highest BCUT2D eigenvalue weighted by Gasteiger charge is 2.48. The van der Waals surface area contributed by atoms with Crippen LogP contribution in [0.4, 0.5) is 20.2 Å². The van der Waals surface area contributed by atoms with Gasteiger partial charge in [0.1, 0.15) is 5.75 Å². The van der Waals surface area contributed by atoms with Crippen LogP contribution in [0.15, 0.2) is 40.9 Å². The third-order valence-corrected chi connectivity index (χ3v) is 6.50. The average Bonchev–Trinajstić information content (AvgIpc) is 3.20. The van der Waals surface area contributed by atoms with Crippen LogP contribution in [0.3, 0.4) is 0 Å². The summed E-state index contributed by atoms with van der Waals surface area (Å²) in [6.07, 6.45) is 1.21. The van der Waals surface area contributed by atoms with Crippen molar-refractivity contribution in [1.82, 2.24) is 0 Å². The van der Waals surface area contributed by atoms with Crippen LogP contribution < -0.4 is 15.0 Å². The number of benzene rings is 2. The minimum atomic E-state index is -3.79. The monoisotopic (exact) mass is 514 g/mol. The molecule has 0 radical (unpaired) electrons. The molecular formula is C22H22BrClF2N2O3. The first-order valence-corrected chi connectivity index (χ1v) is 11.2. The zero-order valence-corrected chi connectivity index (χ0v) is 19.3. The predicted octanol–water partition coefficient (Wildman–Crippen LogP) is 5.70. The molecule has 2 aromatic rings. The van der Waals surface area contributed by atoms with E-state index < -0.39 is 11.7 Å². The lowest BCUT2D eigenvalue weighted by molar-refractivity contribution is -0.0964. The number of halogens is 4. The summed E-state index contributed by atoms with van der Waals surface area (Å²) < 4.78 is 30.5. The third-order valence-electron chi connectivity index (χ3n) is 5.82. The topological polar surface area (TPSA) is 61.8 Å². The summed E-state index contributed by atoms with van der Waals surface area (Å²) >= 11 is 8.38. The van der Waals surface area contributed by atoms with Gasteiger partial charge in [0.15, 0.2) is 0 Å². The molecule has 4 rings (SSSR count). The maximum atomic E-state index is 12.9. The van der Waals surface area contributed by atoms with E-state index >= 15 is 0 Å². The van der Waals surface area contributed by atoms with Crippen molar-refractivity contribution >= 4 is 44.8 Å². The molecule has 0 spiro atoms. The Labute approximate surface area is 192 Å². The number of fused-ring (bicyclic) bond motifs is 3. The lowest BCUT2D eigenvalue weighted by Gasteiger charge is -2.33. The fourth-order valence-corrected chi connectivity index (χ4v) is 5.45. The number of aliphatic hydroxyl groups excluding tert-OH is 1. The second-order valence-electron chi connectivity index (χ2n) is 8.17. The summed E-state index contributed by atoms with van der Waals surface area (Å²) in [4.78, 5) is 15.1. The number of anilines is 2. The molecule has 0 saturated heterocycles. The Morgan fingerprint density at radius 1 is 1.29 bits per heavy atom. The van der Waals surface area contributed by atoms with Gasteiger partial charge in [-0.05, 0) is 84.6 Å². The van der Waals surface area contributed by atoms with Gasteiger partial charge in [-0.3, -0.25) is 4.79 Å². The van der Waals surface area contributed by atoms with Crippen molar-refractivity contribution in [2.45, 2.75) is 56.4 Å². The molecule has 1 saturated carbocycles. The van der Waals surface area contributed by atoms with Crippen LogP contribution in [0.2, 0.25) is 0 Å². The van der Waals surface area contributed by atoms with Crippen LogP contribution in [0.1, 0.15) is 48.5 Å². The molecule has 166 valence electrons. The Morgan fingerprint density at radius 2 is 1.97 bits per heavy atom. The third kappa shape index (κ3) is 4.38. The maximum absolute atomic E-state index is 12.9. The maximum Gasteiger partial charge on any atom is 0.487 e. The number of hydrogen-bond acceptors (Lipinski definition) is 4. The number of rotatable bonds is 5. The van der Waals surface area contributed by atoms with Gasteiger partial charge >= 0.3 is 5.57 Å². The number of nitrogens with zero attached hydrogens (tertiary/aromatic N) is 1. The summed E-state index contributed by atoms with van der Waals surface area (Å²) in [7, 11) is 0. The average molecular weight is 516 g/mol. The first kappa shape index (κ1) is 22.3. The van der Waals surface area contributed by atoms with E-state index in [0.29, 0.717) is 11.3 Å². The molecule has 1 fully saturated rings. The van der Waals surface area contributed by atoms with Gasteiger partial charge in [0.25, 0.3) is 5.91 Å². The van der Waals surface area contributed by atoms with Crippen LogP contribution in [0, 0.1) is 0 Å². The smallest absolute Gasteiger partial charge is 0.420 e. The number of ether oxygens (including phenoxy) is 1. The Morgan fingerprint density at radius 3 is 2.58 bits per heavy atom. The van der Waals surface area contributed by atoms with Gasteiger partial charge in [-0.2, -0.15) is 0 Å². The van der Waals surface area contributed by atoms with Crippen LogP contribution in [0.5, 0.6) is 5.75 Å². The molecule has 1 amide bonds. The van der Waals surface area contributed by atoms with E-state index in [9.17, 15) is 18.7 Å². The normalized spacial score (nSPS) is 22.5. The quantitative estimate of drug-likeness (QED) is 0.501. The van der Waals surface area contributed by atoms with Crippen molar-refractivity contribution in [2.24, 2.45) is 0 Å². The second kappa shape index (κ2) is 8.22. The molecule has 2 aromatic carbocycles. The van der Waals surface area contributed by atoms with Gasteiger partial charge in [0, 0.05) is 39.3 Å². The summed E-state index contributed by atoms with van der Waals surface area (Å²) in [5.41, 5.74) is -0.794. The molecule has 9 heteroatoms. The van der Waals surface area contributed by atoms with Gasteiger partial charge < -0.3 is 20.1 Å². The van der Waals surface area contributed by atoms with Crippen molar-refractivity contribution in [2.75, 3.05) is 10.2 Å². The second-order valence-corrected chi connectivity index (χ2v) is 9.46. The molecule has 0 aromatic heterocycles. The fraction of sp³-hybridized carbons (Fsp3) is 0.409.